The Morgan fingerprint density at radius 1 is 1.63 bits per heavy atom. The zero-order chi connectivity index (χ0) is 14.3. The van der Waals surface area contributed by atoms with Crippen LogP contribution in [0, 0.1) is 11.3 Å². The zero-order valence-corrected chi connectivity index (χ0v) is 11.3. The molecule has 0 aromatic heterocycles. The summed E-state index contributed by atoms with van der Waals surface area (Å²) in [6.45, 7) is 3.96. The van der Waals surface area contributed by atoms with Gasteiger partial charge in [-0.05, 0) is 26.0 Å². The van der Waals surface area contributed by atoms with Crippen molar-refractivity contribution in [1.29, 1.82) is 5.26 Å². The van der Waals surface area contributed by atoms with Gasteiger partial charge in [-0.1, -0.05) is 10.7 Å². The molecule has 0 aromatic carbocycles. The first-order chi connectivity index (χ1) is 9.12. The molecule has 1 aliphatic carbocycles. The number of nitrogens with one attached hydrogen (secondary N) is 1. The maximum absolute atomic E-state index is 12.0. The van der Waals surface area contributed by atoms with Gasteiger partial charge >= 0.3 is 0 Å². The highest BCUT2D eigenvalue weighted by Crippen LogP contribution is 2.17. The molecule has 6 nitrogen and oxygen atoms in total. The zero-order valence-electron chi connectivity index (χ0n) is 11.3. The lowest BCUT2D eigenvalue weighted by Gasteiger charge is -2.16. The highest BCUT2D eigenvalue weighted by Gasteiger charge is 2.18. The average molecular weight is 263 g/mol. The number of rotatable bonds is 5. The largest absolute Gasteiger partial charge is 0.399 e. The van der Waals surface area contributed by atoms with Gasteiger partial charge in [0.15, 0.2) is 0 Å². The van der Waals surface area contributed by atoms with E-state index < -0.39 is 6.23 Å². The minimum atomic E-state index is -0.930. The number of allylic oxidation sites excluding steroid dienone is 2. The topological polar surface area (TPSA) is 83.7 Å². The summed E-state index contributed by atoms with van der Waals surface area (Å²) in [5, 5.41) is 15.2. The van der Waals surface area contributed by atoms with Gasteiger partial charge in [0.25, 0.3) is 5.91 Å². The SMILES string of the molecule is CCOC(C#N)NC(=O)C1=C(C)CC(=NOC)C=C1. The molecule has 19 heavy (non-hydrogen) atoms. The normalized spacial score (nSPS) is 18.1. The summed E-state index contributed by atoms with van der Waals surface area (Å²) >= 11 is 0. The van der Waals surface area contributed by atoms with Crippen LogP contribution < -0.4 is 5.32 Å². The van der Waals surface area contributed by atoms with Gasteiger partial charge in [-0.2, -0.15) is 5.26 Å². The molecule has 0 spiro atoms. The maximum Gasteiger partial charge on any atom is 0.254 e. The first-order valence-corrected chi connectivity index (χ1v) is 5.92. The number of amides is 1. The Kier molecular flexibility index (Phi) is 5.76. The molecule has 1 aliphatic rings. The highest BCUT2D eigenvalue weighted by atomic mass is 16.6. The number of carbonyl (C=O) groups is 1. The molecule has 1 unspecified atom stereocenters. The number of carbonyl (C=O) groups excluding carboxylic acids is 1. The van der Waals surface area contributed by atoms with Gasteiger partial charge in [0, 0.05) is 18.6 Å². The minimum absolute atomic E-state index is 0.329. The summed E-state index contributed by atoms with van der Waals surface area (Å²) in [5.41, 5.74) is 2.14. The first-order valence-electron chi connectivity index (χ1n) is 5.92. The van der Waals surface area contributed by atoms with Crippen LogP contribution in [0.15, 0.2) is 28.5 Å². The van der Waals surface area contributed by atoms with E-state index in [0.717, 1.165) is 11.3 Å². The molecule has 0 aliphatic heterocycles. The van der Waals surface area contributed by atoms with Crippen LogP contribution in [0.3, 0.4) is 0 Å². The van der Waals surface area contributed by atoms with Crippen LogP contribution in [0.2, 0.25) is 0 Å². The van der Waals surface area contributed by atoms with Crippen molar-refractivity contribution in [3.63, 3.8) is 0 Å². The van der Waals surface area contributed by atoms with Gasteiger partial charge < -0.3 is 14.9 Å². The summed E-state index contributed by atoms with van der Waals surface area (Å²) in [5.74, 6) is -0.329. The van der Waals surface area contributed by atoms with Gasteiger partial charge in [-0.15, -0.1) is 0 Å². The molecular weight excluding hydrogens is 246 g/mol. The molecule has 1 N–H and O–H groups in total. The number of oxime groups is 1. The summed E-state index contributed by atoms with van der Waals surface area (Å²) < 4.78 is 5.06. The van der Waals surface area contributed by atoms with Crippen molar-refractivity contribution >= 4 is 11.6 Å². The predicted molar refractivity (Wildman–Crippen MR) is 70.1 cm³/mol. The molecule has 1 rings (SSSR count). The smallest absolute Gasteiger partial charge is 0.254 e. The Morgan fingerprint density at radius 2 is 2.37 bits per heavy atom. The first kappa shape index (κ1) is 14.9. The molecule has 0 bridgehead atoms. The van der Waals surface area contributed by atoms with Gasteiger partial charge in [0.2, 0.25) is 6.23 Å². The fourth-order valence-electron chi connectivity index (χ4n) is 1.67. The van der Waals surface area contributed by atoms with Crippen molar-refractivity contribution in [1.82, 2.24) is 5.32 Å². The lowest BCUT2D eigenvalue weighted by Crippen LogP contribution is -2.37. The van der Waals surface area contributed by atoms with Gasteiger partial charge in [0.05, 0.1) is 5.71 Å². The molecule has 0 saturated heterocycles. The standard InChI is InChI=1S/C13H17N3O3/c1-4-19-12(8-14)15-13(17)11-6-5-10(16-18-3)7-9(11)2/h5-6,12H,4,7H2,1-3H3,(H,15,17). The molecule has 0 fully saturated rings. The van der Waals surface area contributed by atoms with E-state index in [-0.39, 0.29) is 5.91 Å². The van der Waals surface area contributed by atoms with Crippen molar-refractivity contribution in [3.8, 4) is 6.07 Å². The quantitative estimate of drug-likeness (QED) is 0.598. The van der Waals surface area contributed by atoms with E-state index in [9.17, 15) is 4.79 Å². The Labute approximate surface area is 112 Å². The summed E-state index contributed by atoms with van der Waals surface area (Å²) in [6, 6.07) is 1.87. The second-order valence-electron chi connectivity index (χ2n) is 3.91. The molecule has 102 valence electrons. The van der Waals surface area contributed by atoms with Crippen LogP contribution in [0.5, 0.6) is 0 Å². The van der Waals surface area contributed by atoms with Crippen molar-refractivity contribution in [2.45, 2.75) is 26.5 Å². The third kappa shape index (κ3) is 4.23. The second-order valence-corrected chi connectivity index (χ2v) is 3.91. The molecule has 1 amide bonds. The van der Waals surface area contributed by atoms with Crippen molar-refractivity contribution in [2.24, 2.45) is 5.16 Å². The second kappa shape index (κ2) is 7.34. The van der Waals surface area contributed by atoms with E-state index in [1.807, 2.05) is 13.0 Å². The molecule has 0 heterocycles. The van der Waals surface area contributed by atoms with Crippen LogP contribution in [-0.4, -0.2) is 31.6 Å². The summed E-state index contributed by atoms with van der Waals surface area (Å²) in [4.78, 5) is 16.7. The highest BCUT2D eigenvalue weighted by molar-refractivity contribution is 6.05. The van der Waals surface area contributed by atoms with Crippen molar-refractivity contribution in [2.75, 3.05) is 13.7 Å². The Morgan fingerprint density at radius 3 is 2.89 bits per heavy atom. The monoisotopic (exact) mass is 263 g/mol. The minimum Gasteiger partial charge on any atom is -0.399 e. The van der Waals surface area contributed by atoms with E-state index >= 15 is 0 Å². The molecule has 6 heteroatoms. The lowest BCUT2D eigenvalue weighted by molar-refractivity contribution is -0.120. The van der Waals surface area contributed by atoms with E-state index in [1.54, 1.807) is 19.1 Å². The van der Waals surface area contributed by atoms with Crippen LogP contribution in [0.25, 0.3) is 0 Å². The van der Waals surface area contributed by atoms with Gasteiger partial charge in [0.1, 0.15) is 13.2 Å². The summed E-state index contributed by atoms with van der Waals surface area (Å²) in [7, 11) is 1.47. The van der Waals surface area contributed by atoms with Crippen LogP contribution in [0.4, 0.5) is 0 Å². The third-order valence-corrected chi connectivity index (χ3v) is 2.51. The molecule has 0 saturated carbocycles. The van der Waals surface area contributed by atoms with Gasteiger partial charge in [-0.25, -0.2) is 0 Å². The van der Waals surface area contributed by atoms with Crippen LogP contribution in [-0.2, 0) is 14.4 Å². The molecule has 0 aromatic rings. The van der Waals surface area contributed by atoms with Crippen LogP contribution in [0.1, 0.15) is 20.3 Å². The van der Waals surface area contributed by atoms with E-state index in [4.69, 9.17) is 10.00 Å². The number of hydrogen-bond acceptors (Lipinski definition) is 5. The number of nitriles is 1. The van der Waals surface area contributed by atoms with Crippen molar-refractivity contribution in [3.05, 3.63) is 23.3 Å². The fourth-order valence-corrected chi connectivity index (χ4v) is 1.67. The Balaban J connectivity index is 2.74. The van der Waals surface area contributed by atoms with Gasteiger partial charge in [-0.3, -0.25) is 4.79 Å². The van der Waals surface area contributed by atoms with E-state index in [0.29, 0.717) is 18.6 Å². The predicted octanol–water partition coefficient (Wildman–Crippen LogP) is 1.27. The van der Waals surface area contributed by atoms with E-state index in [1.165, 1.54) is 7.11 Å². The summed E-state index contributed by atoms with van der Waals surface area (Å²) in [6.07, 6.45) is 2.99. The Bertz CT molecular complexity index is 472. The Hall–Kier alpha value is -2.13. The molecule has 0 radical (unpaired) electrons. The van der Waals surface area contributed by atoms with Crippen molar-refractivity contribution < 1.29 is 14.4 Å². The molecule has 1 atom stereocenters. The number of ether oxygens (including phenoxy) is 1. The lowest BCUT2D eigenvalue weighted by atomic mass is 9.97. The van der Waals surface area contributed by atoms with E-state index in [2.05, 4.69) is 15.3 Å². The number of hydrogen-bond donors (Lipinski definition) is 1. The third-order valence-electron chi connectivity index (χ3n) is 2.51. The maximum atomic E-state index is 12.0. The average Bonchev–Trinajstić information content (AvgIpc) is 2.38. The molecular formula is C13H17N3O3. The number of nitrogens with zero attached hydrogens (tertiary/aromatic N) is 2. The fraction of sp³-hybridized carbons (Fsp3) is 0.462. The van der Waals surface area contributed by atoms with Crippen LogP contribution >= 0.6 is 0 Å².